The molecule has 0 bridgehead atoms. The van der Waals surface area contributed by atoms with Crippen LogP contribution in [0, 0.1) is 5.92 Å². The normalized spacial score (nSPS) is 14.9. The number of alkyl halides is 3. The van der Waals surface area contributed by atoms with E-state index in [-0.39, 0.29) is 5.56 Å². The molecule has 0 spiro atoms. The first-order valence-corrected chi connectivity index (χ1v) is 5.29. The Morgan fingerprint density at radius 3 is 2.17 bits per heavy atom. The Balaban J connectivity index is 3.12. The topological polar surface area (TPSA) is 37.3 Å². The van der Waals surface area contributed by atoms with E-state index in [1.54, 1.807) is 12.1 Å². The van der Waals surface area contributed by atoms with E-state index in [0.717, 1.165) is 12.5 Å². The van der Waals surface area contributed by atoms with Crippen LogP contribution in [0.2, 0.25) is 0 Å². The van der Waals surface area contributed by atoms with Gasteiger partial charge >= 0.3 is 12.1 Å². The lowest BCUT2D eigenvalue weighted by Crippen LogP contribution is -2.31. The molecule has 0 aliphatic carbocycles. The van der Waals surface area contributed by atoms with E-state index < -0.39 is 24.0 Å². The van der Waals surface area contributed by atoms with Crippen LogP contribution in [0.1, 0.15) is 24.0 Å². The van der Waals surface area contributed by atoms with Gasteiger partial charge in [-0.2, -0.15) is 13.2 Å². The molecule has 0 aliphatic rings. The molecular formula is C13H13F3O2. The molecule has 2 unspecified atom stereocenters. The van der Waals surface area contributed by atoms with Crippen molar-refractivity contribution in [2.24, 2.45) is 5.92 Å². The molecule has 5 heteroatoms. The minimum Gasteiger partial charge on any atom is -0.481 e. The van der Waals surface area contributed by atoms with Crippen LogP contribution >= 0.6 is 0 Å². The number of halogens is 3. The molecule has 18 heavy (non-hydrogen) atoms. The van der Waals surface area contributed by atoms with Gasteiger partial charge in [0, 0.05) is 0 Å². The van der Waals surface area contributed by atoms with Gasteiger partial charge in [-0.25, -0.2) is 0 Å². The van der Waals surface area contributed by atoms with Gasteiger partial charge < -0.3 is 5.11 Å². The molecular weight excluding hydrogens is 245 g/mol. The van der Waals surface area contributed by atoms with Gasteiger partial charge in [0.15, 0.2) is 0 Å². The van der Waals surface area contributed by atoms with Crippen LogP contribution in [-0.4, -0.2) is 17.3 Å². The van der Waals surface area contributed by atoms with Gasteiger partial charge in [0.05, 0.1) is 11.8 Å². The zero-order valence-corrected chi connectivity index (χ0v) is 9.74. The van der Waals surface area contributed by atoms with Crippen molar-refractivity contribution < 1.29 is 23.1 Å². The summed E-state index contributed by atoms with van der Waals surface area (Å²) in [5.41, 5.74) is 0.862. The maximum Gasteiger partial charge on any atom is 0.392 e. The molecule has 1 N–H and O–H groups in total. The lowest BCUT2D eigenvalue weighted by atomic mass is 9.86. The van der Waals surface area contributed by atoms with Crippen molar-refractivity contribution >= 4 is 12.0 Å². The molecule has 1 aromatic rings. The Morgan fingerprint density at radius 1 is 1.33 bits per heavy atom. The molecule has 0 aliphatic heterocycles. The van der Waals surface area contributed by atoms with E-state index in [0.29, 0.717) is 0 Å². The maximum atomic E-state index is 12.6. The minimum atomic E-state index is -4.54. The quantitative estimate of drug-likeness (QED) is 0.894. The van der Waals surface area contributed by atoms with Crippen LogP contribution < -0.4 is 0 Å². The van der Waals surface area contributed by atoms with E-state index in [2.05, 4.69) is 6.58 Å². The highest BCUT2D eigenvalue weighted by Gasteiger charge is 2.44. The van der Waals surface area contributed by atoms with Gasteiger partial charge in [-0.1, -0.05) is 43.8 Å². The molecule has 0 amide bonds. The Kier molecular flexibility index (Phi) is 4.16. The highest BCUT2D eigenvalue weighted by molar-refractivity contribution is 5.76. The van der Waals surface area contributed by atoms with E-state index in [1.807, 2.05) is 0 Å². The number of carboxylic acid groups (broad SMARTS) is 1. The Bertz CT molecular complexity index is 435. The summed E-state index contributed by atoms with van der Waals surface area (Å²) in [7, 11) is 0. The van der Waals surface area contributed by atoms with Crippen molar-refractivity contribution in [3.63, 3.8) is 0 Å². The molecule has 0 radical (unpaired) electrons. The summed E-state index contributed by atoms with van der Waals surface area (Å²) in [6, 6.07) is 5.86. The predicted molar refractivity (Wildman–Crippen MR) is 62.1 cm³/mol. The summed E-state index contributed by atoms with van der Waals surface area (Å²) >= 11 is 0. The molecule has 2 nitrogen and oxygen atoms in total. The van der Waals surface area contributed by atoms with Crippen molar-refractivity contribution in [1.29, 1.82) is 0 Å². The first-order chi connectivity index (χ1) is 8.27. The fourth-order valence-corrected chi connectivity index (χ4v) is 1.67. The molecule has 0 fully saturated rings. The van der Waals surface area contributed by atoms with Gasteiger partial charge in [-0.15, -0.1) is 0 Å². The third-order valence-electron chi connectivity index (χ3n) is 2.81. The van der Waals surface area contributed by atoms with Gasteiger partial charge in [0.1, 0.15) is 0 Å². The fraction of sp³-hybridized carbons (Fsp3) is 0.308. The molecule has 0 heterocycles. The summed E-state index contributed by atoms with van der Waals surface area (Å²) < 4.78 is 37.8. The van der Waals surface area contributed by atoms with Gasteiger partial charge in [0.2, 0.25) is 0 Å². The number of aliphatic carboxylic acids is 1. The highest BCUT2D eigenvalue weighted by Crippen LogP contribution is 2.37. The summed E-state index contributed by atoms with van der Waals surface area (Å²) in [4.78, 5) is 11.0. The second-order valence-electron chi connectivity index (χ2n) is 4.02. The Labute approximate surface area is 103 Å². The molecule has 2 atom stereocenters. The Hall–Kier alpha value is -1.78. The average molecular weight is 258 g/mol. The van der Waals surface area contributed by atoms with Crippen LogP contribution in [-0.2, 0) is 4.79 Å². The number of benzene rings is 1. The zero-order valence-electron chi connectivity index (χ0n) is 9.74. The SMILES string of the molecule is C=Cc1ccc(C(C(=O)O)C(C)C(F)(F)F)cc1. The molecule has 0 saturated carbocycles. The molecule has 0 saturated heterocycles. The van der Waals surface area contributed by atoms with Crippen LogP contribution in [0.15, 0.2) is 30.8 Å². The number of hydrogen-bond donors (Lipinski definition) is 1. The van der Waals surface area contributed by atoms with Crippen molar-refractivity contribution in [2.75, 3.05) is 0 Å². The van der Waals surface area contributed by atoms with E-state index in [1.165, 1.54) is 18.2 Å². The monoisotopic (exact) mass is 258 g/mol. The molecule has 1 aromatic carbocycles. The van der Waals surface area contributed by atoms with Crippen molar-refractivity contribution in [3.8, 4) is 0 Å². The van der Waals surface area contributed by atoms with Crippen LogP contribution in [0.5, 0.6) is 0 Å². The lowest BCUT2D eigenvalue weighted by Gasteiger charge is -2.23. The zero-order chi connectivity index (χ0) is 13.9. The van der Waals surface area contributed by atoms with E-state index >= 15 is 0 Å². The van der Waals surface area contributed by atoms with Crippen LogP contribution in [0.25, 0.3) is 6.08 Å². The van der Waals surface area contributed by atoms with Crippen molar-refractivity contribution in [2.45, 2.75) is 19.0 Å². The lowest BCUT2D eigenvalue weighted by molar-refractivity contribution is -0.183. The van der Waals surface area contributed by atoms with Gasteiger partial charge in [-0.05, 0) is 11.1 Å². The third kappa shape index (κ3) is 3.12. The smallest absolute Gasteiger partial charge is 0.392 e. The highest BCUT2D eigenvalue weighted by atomic mass is 19.4. The second-order valence-corrected chi connectivity index (χ2v) is 4.02. The van der Waals surface area contributed by atoms with Crippen LogP contribution in [0.3, 0.4) is 0 Å². The summed E-state index contributed by atoms with van der Waals surface area (Å²) in [5, 5.41) is 8.97. The van der Waals surface area contributed by atoms with Crippen molar-refractivity contribution in [1.82, 2.24) is 0 Å². The first-order valence-electron chi connectivity index (χ1n) is 5.29. The fourth-order valence-electron chi connectivity index (χ4n) is 1.67. The summed E-state index contributed by atoms with van der Waals surface area (Å²) in [6.07, 6.45) is -3.01. The summed E-state index contributed by atoms with van der Waals surface area (Å²) in [6.45, 7) is 4.39. The molecule has 1 rings (SSSR count). The van der Waals surface area contributed by atoms with E-state index in [4.69, 9.17) is 5.11 Å². The molecule has 0 aromatic heterocycles. The predicted octanol–water partition coefficient (Wildman–Crippen LogP) is 3.70. The number of hydrogen-bond acceptors (Lipinski definition) is 1. The first kappa shape index (κ1) is 14.3. The maximum absolute atomic E-state index is 12.6. The van der Waals surface area contributed by atoms with Crippen molar-refractivity contribution in [3.05, 3.63) is 42.0 Å². The molecule has 98 valence electrons. The minimum absolute atomic E-state index is 0.137. The van der Waals surface area contributed by atoms with E-state index in [9.17, 15) is 18.0 Å². The average Bonchev–Trinajstić information content (AvgIpc) is 2.28. The van der Waals surface area contributed by atoms with Gasteiger partial charge in [0.25, 0.3) is 0 Å². The number of carboxylic acids is 1. The number of carbonyl (C=O) groups is 1. The number of rotatable bonds is 4. The largest absolute Gasteiger partial charge is 0.481 e. The van der Waals surface area contributed by atoms with Gasteiger partial charge in [-0.3, -0.25) is 4.79 Å². The summed E-state index contributed by atoms with van der Waals surface area (Å²) in [5.74, 6) is -5.01. The Morgan fingerprint density at radius 2 is 1.83 bits per heavy atom. The van der Waals surface area contributed by atoms with Crippen LogP contribution in [0.4, 0.5) is 13.2 Å². The standard InChI is InChI=1S/C13H13F3O2/c1-3-9-4-6-10(7-5-9)11(12(17)18)8(2)13(14,15)16/h3-8,11H,1H2,2H3,(H,17,18). The third-order valence-corrected chi connectivity index (χ3v) is 2.81. The second kappa shape index (κ2) is 5.25.